The molecule has 0 aliphatic carbocycles. The molecule has 3 heterocycles. The molecule has 0 unspecified atom stereocenters. The van der Waals surface area contributed by atoms with E-state index in [1.807, 2.05) is 35.9 Å². The molecule has 4 aromatic rings. The van der Waals surface area contributed by atoms with Crippen molar-refractivity contribution in [3.8, 4) is 0 Å². The molecule has 0 aliphatic heterocycles. The van der Waals surface area contributed by atoms with Gasteiger partial charge >= 0.3 is 0 Å². The number of H-pyrrole nitrogens is 1. The first-order chi connectivity index (χ1) is 10.7. The number of anilines is 1. The van der Waals surface area contributed by atoms with Gasteiger partial charge in [0.1, 0.15) is 11.3 Å². The van der Waals surface area contributed by atoms with E-state index in [4.69, 9.17) is 4.42 Å². The molecule has 3 aromatic heterocycles. The van der Waals surface area contributed by atoms with Gasteiger partial charge in [0, 0.05) is 13.2 Å². The lowest BCUT2D eigenvalue weighted by atomic mass is 10.3. The Balaban J connectivity index is 1.64. The van der Waals surface area contributed by atoms with Crippen LogP contribution in [-0.4, -0.2) is 14.5 Å². The number of benzene rings is 1. The van der Waals surface area contributed by atoms with E-state index < -0.39 is 0 Å². The van der Waals surface area contributed by atoms with E-state index in [0.717, 1.165) is 17.0 Å². The molecular formula is C16H14N4O2. The first-order valence-corrected chi connectivity index (χ1v) is 6.98. The Labute approximate surface area is 125 Å². The molecule has 4 rings (SSSR count). The predicted octanol–water partition coefficient (Wildman–Crippen LogP) is 2.62. The Kier molecular flexibility index (Phi) is 2.75. The van der Waals surface area contributed by atoms with E-state index in [1.165, 1.54) is 0 Å². The van der Waals surface area contributed by atoms with Crippen LogP contribution in [0.3, 0.4) is 0 Å². The van der Waals surface area contributed by atoms with Crippen LogP contribution in [0.25, 0.3) is 22.0 Å². The Morgan fingerprint density at radius 1 is 1.32 bits per heavy atom. The van der Waals surface area contributed by atoms with E-state index in [9.17, 15) is 4.79 Å². The van der Waals surface area contributed by atoms with Crippen molar-refractivity contribution in [3.05, 3.63) is 58.7 Å². The van der Waals surface area contributed by atoms with Crippen molar-refractivity contribution in [1.82, 2.24) is 14.5 Å². The van der Waals surface area contributed by atoms with Gasteiger partial charge in [0.2, 0.25) is 5.95 Å². The number of imidazole rings is 1. The van der Waals surface area contributed by atoms with Crippen molar-refractivity contribution < 1.29 is 4.42 Å². The van der Waals surface area contributed by atoms with Gasteiger partial charge in [0.25, 0.3) is 5.56 Å². The second-order valence-corrected chi connectivity index (χ2v) is 5.13. The normalized spacial score (nSPS) is 11.3. The van der Waals surface area contributed by atoms with Gasteiger partial charge in [0.15, 0.2) is 0 Å². The van der Waals surface area contributed by atoms with E-state index >= 15 is 0 Å². The summed E-state index contributed by atoms with van der Waals surface area (Å²) in [5.74, 6) is 1.45. The van der Waals surface area contributed by atoms with E-state index in [2.05, 4.69) is 15.3 Å². The average molecular weight is 294 g/mol. The SMILES string of the molecule is Cn1c(NCc2cc3c(=O)[nH]ccc3o2)nc2ccccc21. The lowest BCUT2D eigenvalue weighted by Gasteiger charge is -2.03. The molecule has 22 heavy (non-hydrogen) atoms. The fourth-order valence-corrected chi connectivity index (χ4v) is 2.59. The summed E-state index contributed by atoms with van der Waals surface area (Å²) in [6, 6.07) is 11.4. The minimum absolute atomic E-state index is 0.143. The van der Waals surface area contributed by atoms with Crippen molar-refractivity contribution in [2.24, 2.45) is 7.05 Å². The lowest BCUT2D eigenvalue weighted by Crippen LogP contribution is -2.04. The fraction of sp³-hybridized carbons (Fsp3) is 0.125. The topological polar surface area (TPSA) is 75.8 Å². The van der Waals surface area contributed by atoms with Crippen molar-refractivity contribution in [1.29, 1.82) is 0 Å². The number of furan rings is 1. The van der Waals surface area contributed by atoms with Crippen LogP contribution in [0, 0.1) is 0 Å². The van der Waals surface area contributed by atoms with Crippen LogP contribution in [0.15, 0.2) is 51.8 Å². The van der Waals surface area contributed by atoms with Crippen LogP contribution in [0.1, 0.15) is 5.76 Å². The zero-order valence-corrected chi connectivity index (χ0v) is 12.0. The molecule has 0 spiro atoms. The number of nitrogens with zero attached hydrogens (tertiary/aromatic N) is 2. The Bertz CT molecular complexity index is 1030. The number of hydrogen-bond acceptors (Lipinski definition) is 4. The molecule has 110 valence electrons. The maximum Gasteiger partial charge on any atom is 0.259 e. The third-order valence-corrected chi connectivity index (χ3v) is 3.71. The quantitative estimate of drug-likeness (QED) is 0.609. The van der Waals surface area contributed by atoms with Gasteiger partial charge in [-0.1, -0.05) is 12.1 Å². The standard InChI is InChI=1S/C16H14N4O2/c1-20-13-5-3-2-4-12(13)19-16(20)18-9-10-8-11-14(22-10)6-7-17-15(11)21/h2-8H,9H2,1H3,(H,17,21)(H,18,19). The largest absolute Gasteiger partial charge is 0.459 e. The minimum Gasteiger partial charge on any atom is -0.459 e. The first-order valence-electron chi connectivity index (χ1n) is 6.98. The molecule has 2 N–H and O–H groups in total. The fourth-order valence-electron chi connectivity index (χ4n) is 2.59. The number of aryl methyl sites for hydroxylation is 1. The van der Waals surface area contributed by atoms with Crippen LogP contribution >= 0.6 is 0 Å². The molecule has 0 radical (unpaired) electrons. The predicted molar refractivity (Wildman–Crippen MR) is 84.9 cm³/mol. The number of pyridine rings is 1. The highest BCUT2D eigenvalue weighted by atomic mass is 16.3. The molecule has 0 aliphatic rings. The summed E-state index contributed by atoms with van der Waals surface area (Å²) in [6.07, 6.45) is 1.58. The molecular weight excluding hydrogens is 280 g/mol. The second kappa shape index (κ2) is 4.77. The van der Waals surface area contributed by atoms with Gasteiger partial charge in [-0.05, 0) is 24.3 Å². The van der Waals surface area contributed by atoms with E-state index in [0.29, 0.717) is 23.3 Å². The highest BCUT2D eigenvalue weighted by Crippen LogP contribution is 2.20. The smallest absolute Gasteiger partial charge is 0.259 e. The monoisotopic (exact) mass is 294 g/mol. The number of rotatable bonds is 3. The summed E-state index contributed by atoms with van der Waals surface area (Å²) in [5, 5.41) is 3.80. The third-order valence-electron chi connectivity index (χ3n) is 3.71. The molecule has 0 bridgehead atoms. The molecule has 0 atom stereocenters. The number of hydrogen-bond donors (Lipinski definition) is 2. The van der Waals surface area contributed by atoms with Gasteiger partial charge in [0.05, 0.1) is 23.0 Å². The maximum absolute atomic E-state index is 11.7. The summed E-state index contributed by atoms with van der Waals surface area (Å²) in [5.41, 5.74) is 2.44. The van der Waals surface area contributed by atoms with Crippen molar-refractivity contribution in [2.45, 2.75) is 6.54 Å². The first kappa shape index (κ1) is 12.7. The van der Waals surface area contributed by atoms with Crippen LogP contribution in [0.4, 0.5) is 5.95 Å². The molecule has 0 amide bonds. The highest BCUT2D eigenvalue weighted by molar-refractivity contribution is 5.78. The summed E-state index contributed by atoms with van der Waals surface area (Å²) < 4.78 is 7.66. The number of aromatic nitrogens is 3. The van der Waals surface area contributed by atoms with Crippen LogP contribution < -0.4 is 10.9 Å². The van der Waals surface area contributed by atoms with Crippen molar-refractivity contribution >= 4 is 28.0 Å². The number of fused-ring (bicyclic) bond motifs is 2. The van der Waals surface area contributed by atoms with Crippen LogP contribution in [-0.2, 0) is 13.6 Å². The Hall–Kier alpha value is -3.02. The summed E-state index contributed by atoms with van der Waals surface area (Å²) in [4.78, 5) is 18.9. The van der Waals surface area contributed by atoms with Gasteiger partial charge < -0.3 is 19.3 Å². The molecule has 0 saturated heterocycles. The number of nitrogens with one attached hydrogen (secondary N) is 2. The lowest BCUT2D eigenvalue weighted by molar-refractivity contribution is 0.558. The summed E-state index contributed by atoms with van der Waals surface area (Å²) in [6.45, 7) is 0.464. The highest BCUT2D eigenvalue weighted by Gasteiger charge is 2.09. The number of para-hydroxylation sites is 2. The van der Waals surface area contributed by atoms with Crippen LogP contribution in [0.5, 0.6) is 0 Å². The zero-order valence-electron chi connectivity index (χ0n) is 12.0. The van der Waals surface area contributed by atoms with Crippen molar-refractivity contribution in [2.75, 3.05) is 5.32 Å². The van der Waals surface area contributed by atoms with Gasteiger partial charge in [-0.25, -0.2) is 4.98 Å². The Morgan fingerprint density at radius 3 is 3.00 bits per heavy atom. The molecule has 6 heteroatoms. The van der Waals surface area contributed by atoms with Crippen LogP contribution in [0.2, 0.25) is 0 Å². The summed E-state index contributed by atoms with van der Waals surface area (Å²) in [7, 11) is 1.96. The zero-order chi connectivity index (χ0) is 15.1. The van der Waals surface area contributed by atoms with Gasteiger partial charge in [-0.3, -0.25) is 4.79 Å². The molecule has 0 fully saturated rings. The Morgan fingerprint density at radius 2 is 2.18 bits per heavy atom. The molecule has 0 saturated carbocycles. The minimum atomic E-state index is -0.143. The average Bonchev–Trinajstić information content (AvgIpc) is 3.08. The number of aromatic amines is 1. The molecule has 1 aromatic carbocycles. The van der Waals surface area contributed by atoms with E-state index in [-0.39, 0.29) is 5.56 Å². The second-order valence-electron chi connectivity index (χ2n) is 5.13. The van der Waals surface area contributed by atoms with Crippen molar-refractivity contribution in [3.63, 3.8) is 0 Å². The molecule has 6 nitrogen and oxygen atoms in total. The van der Waals surface area contributed by atoms with Gasteiger partial charge in [-0.15, -0.1) is 0 Å². The van der Waals surface area contributed by atoms with E-state index in [1.54, 1.807) is 18.3 Å². The van der Waals surface area contributed by atoms with Gasteiger partial charge in [-0.2, -0.15) is 0 Å². The maximum atomic E-state index is 11.7. The summed E-state index contributed by atoms with van der Waals surface area (Å²) >= 11 is 0. The third kappa shape index (κ3) is 1.96.